The van der Waals surface area contributed by atoms with Crippen molar-refractivity contribution in [2.24, 2.45) is 5.92 Å². The van der Waals surface area contributed by atoms with E-state index >= 15 is 0 Å². The van der Waals surface area contributed by atoms with Gasteiger partial charge in [0.25, 0.3) is 0 Å². The van der Waals surface area contributed by atoms with Gasteiger partial charge in [-0.25, -0.2) is 13.1 Å². The van der Waals surface area contributed by atoms with Gasteiger partial charge >= 0.3 is 5.97 Å². The fourth-order valence-corrected chi connectivity index (χ4v) is 4.28. The van der Waals surface area contributed by atoms with E-state index in [0.29, 0.717) is 30.2 Å². The van der Waals surface area contributed by atoms with Crippen molar-refractivity contribution in [1.29, 1.82) is 0 Å². The second-order valence-corrected chi connectivity index (χ2v) is 7.60. The Morgan fingerprint density at radius 3 is 2.45 bits per heavy atom. The number of rotatable bonds is 4. The van der Waals surface area contributed by atoms with E-state index < -0.39 is 16.0 Å². The standard InChI is InChI=1S/C13H16BrNO4S/c14-10-2-1-3-12(8-10)20(18,19)15-11-6-4-9(5-7-11)13(16)17/h1-3,8-9,11,15H,4-7H2,(H,16,17). The molecule has 1 fully saturated rings. The van der Waals surface area contributed by atoms with Crippen LogP contribution in [0.2, 0.25) is 0 Å². The van der Waals surface area contributed by atoms with Crippen molar-refractivity contribution in [3.63, 3.8) is 0 Å². The molecule has 2 N–H and O–H groups in total. The summed E-state index contributed by atoms with van der Waals surface area (Å²) in [7, 11) is -3.55. The minimum absolute atomic E-state index is 0.186. The molecule has 0 unspecified atom stereocenters. The molecule has 0 aromatic heterocycles. The summed E-state index contributed by atoms with van der Waals surface area (Å²) in [5.41, 5.74) is 0. The van der Waals surface area contributed by atoms with E-state index in [1.54, 1.807) is 18.2 Å². The van der Waals surface area contributed by atoms with Crippen LogP contribution in [-0.4, -0.2) is 25.5 Å². The van der Waals surface area contributed by atoms with Crippen LogP contribution in [0.3, 0.4) is 0 Å². The molecule has 1 aromatic carbocycles. The summed E-state index contributed by atoms with van der Waals surface area (Å²) in [6.07, 6.45) is 2.15. The molecule has 7 heteroatoms. The zero-order valence-corrected chi connectivity index (χ0v) is 13.2. The van der Waals surface area contributed by atoms with Gasteiger partial charge in [0, 0.05) is 10.5 Å². The fraction of sp³-hybridized carbons (Fsp3) is 0.462. The number of sulfonamides is 1. The summed E-state index contributed by atoms with van der Waals surface area (Å²) in [4.78, 5) is 11.1. The molecule has 20 heavy (non-hydrogen) atoms. The number of hydrogen-bond acceptors (Lipinski definition) is 3. The molecule has 0 bridgehead atoms. The van der Waals surface area contributed by atoms with Crippen molar-refractivity contribution in [3.8, 4) is 0 Å². The summed E-state index contributed by atoms with van der Waals surface area (Å²) in [6.45, 7) is 0. The molecule has 1 saturated carbocycles. The molecule has 0 saturated heterocycles. The molecule has 0 aliphatic heterocycles. The van der Waals surface area contributed by atoms with Crippen LogP contribution in [-0.2, 0) is 14.8 Å². The second kappa shape index (κ2) is 6.24. The Morgan fingerprint density at radius 1 is 1.25 bits per heavy atom. The van der Waals surface area contributed by atoms with Gasteiger partial charge in [-0.1, -0.05) is 22.0 Å². The molecule has 2 rings (SSSR count). The molecule has 1 aromatic rings. The first-order valence-corrected chi connectivity index (χ1v) is 8.67. The lowest BCUT2D eigenvalue weighted by Gasteiger charge is -2.26. The minimum Gasteiger partial charge on any atom is -0.481 e. The van der Waals surface area contributed by atoms with Crippen molar-refractivity contribution in [2.45, 2.75) is 36.6 Å². The maximum absolute atomic E-state index is 12.2. The van der Waals surface area contributed by atoms with Gasteiger partial charge in [0.05, 0.1) is 10.8 Å². The lowest BCUT2D eigenvalue weighted by molar-refractivity contribution is -0.142. The average molecular weight is 362 g/mol. The topological polar surface area (TPSA) is 83.5 Å². The van der Waals surface area contributed by atoms with Crippen LogP contribution in [0.5, 0.6) is 0 Å². The van der Waals surface area contributed by atoms with Crippen LogP contribution >= 0.6 is 15.9 Å². The van der Waals surface area contributed by atoms with Crippen molar-refractivity contribution < 1.29 is 18.3 Å². The van der Waals surface area contributed by atoms with Gasteiger partial charge < -0.3 is 5.11 Å². The Hall–Kier alpha value is -0.920. The van der Waals surface area contributed by atoms with E-state index in [1.165, 1.54) is 6.07 Å². The van der Waals surface area contributed by atoms with Crippen LogP contribution in [0, 0.1) is 5.92 Å². The van der Waals surface area contributed by atoms with E-state index in [2.05, 4.69) is 20.7 Å². The first-order valence-electron chi connectivity index (χ1n) is 6.39. The van der Waals surface area contributed by atoms with Crippen LogP contribution < -0.4 is 4.72 Å². The Labute approximate surface area is 126 Å². The first-order chi connectivity index (χ1) is 9.38. The maximum atomic E-state index is 12.2. The fourth-order valence-electron chi connectivity index (χ4n) is 2.38. The number of halogens is 1. The monoisotopic (exact) mass is 361 g/mol. The summed E-state index contributed by atoms with van der Waals surface area (Å²) in [6, 6.07) is 6.33. The van der Waals surface area contributed by atoms with Crippen LogP contribution in [0.15, 0.2) is 33.6 Å². The van der Waals surface area contributed by atoms with Gasteiger partial charge in [-0.15, -0.1) is 0 Å². The minimum atomic E-state index is -3.55. The van der Waals surface area contributed by atoms with Crippen molar-refractivity contribution in [1.82, 2.24) is 4.72 Å². The van der Waals surface area contributed by atoms with Gasteiger partial charge in [-0.3, -0.25) is 4.79 Å². The van der Waals surface area contributed by atoms with Crippen LogP contribution in [0.25, 0.3) is 0 Å². The molecular formula is C13H16BrNO4S. The normalized spacial score (nSPS) is 23.4. The van der Waals surface area contributed by atoms with Crippen molar-refractivity contribution in [3.05, 3.63) is 28.7 Å². The number of hydrogen-bond donors (Lipinski definition) is 2. The van der Waals surface area contributed by atoms with Crippen molar-refractivity contribution >= 4 is 31.9 Å². The lowest BCUT2D eigenvalue weighted by Crippen LogP contribution is -2.38. The molecule has 1 aliphatic carbocycles. The number of carboxylic acid groups (broad SMARTS) is 1. The third-order valence-electron chi connectivity index (χ3n) is 3.50. The van der Waals surface area contributed by atoms with Crippen molar-refractivity contribution in [2.75, 3.05) is 0 Å². The number of nitrogens with one attached hydrogen (secondary N) is 1. The molecule has 110 valence electrons. The summed E-state index contributed by atoms with van der Waals surface area (Å²) in [5, 5.41) is 8.92. The van der Waals surface area contributed by atoms with E-state index in [0.717, 1.165) is 0 Å². The second-order valence-electron chi connectivity index (χ2n) is 4.97. The Kier molecular flexibility index (Phi) is 4.82. The predicted molar refractivity (Wildman–Crippen MR) is 77.8 cm³/mol. The zero-order valence-electron chi connectivity index (χ0n) is 10.8. The molecule has 0 radical (unpaired) electrons. The quantitative estimate of drug-likeness (QED) is 0.862. The number of carbonyl (C=O) groups is 1. The third kappa shape index (κ3) is 3.80. The highest BCUT2D eigenvalue weighted by molar-refractivity contribution is 9.10. The summed E-state index contributed by atoms with van der Waals surface area (Å²) >= 11 is 3.25. The highest BCUT2D eigenvalue weighted by atomic mass is 79.9. The van der Waals surface area contributed by atoms with E-state index in [-0.39, 0.29) is 16.9 Å². The molecule has 0 amide bonds. The maximum Gasteiger partial charge on any atom is 0.306 e. The van der Waals surface area contributed by atoms with E-state index in [4.69, 9.17) is 5.11 Å². The highest BCUT2D eigenvalue weighted by Crippen LogP contribution is 2.26. The van der Waals surface area contributed by atoms with Gasteiger partial charge in [-0.05, 0) is 43.9 Å². The van der Waals surface area contributed by atoms with Gasteiger partial charge in [-0.2, -0.15) is 0 Å². The van der Waals surface area contributed by atoms with Crippen LogP contribution in [0.4, 0.5) is 0 Å². The van der Waals surface area contributed by atoms with E-state index in [9.17, 15) is 13.2 Å². The third-order valence-corrected chi connectivity index (χ3v) is 5.52. The lowest BCUT2D eigenvalue weighted by atomic mass is 9.87. The largest absolute Gasteiger partial charge is 0.481 e. The number of aliphatic carboxylic acids is 1. The van der Waals surface area contributed by atoms with Crippen LogP contribution in [0.1, 0.15) is 25.7 Å². The zero-order chi connectivity index (χ0) is 14.8. The molecule has 5 nitrogen and oxygen atoms in total. The predicted octanol–water partition coefficient (Wildman–Crippen LogP) is 2.37. The van der Waals surface area contributed by atoms with Gasteiger partial charge in [0.2, 0.25) is 10.0 Å². The Bertz CT molecular complexity index is 594. The highest BCUT2D eigenvalue weighted by Gasteiger charge is 2.28. The number of carboxylic acids is 1. The van der Waals surface area contributed by atoms with E-state index in [1.807, 2.05) is 0 Å². The molecule has 0 heterocycles. The molecule has 1 aliphatic rings. The Balaban J connectivity index is 2.02. The Morgan fingerprint density at radius 2 is 1.90 bits per heavy atom. The average Bonchev–Trinajstić information content (AvgIpc) is 2.39. The van der Waals surface area contributed by atoms with Gasteiger partial charge in [0.1, 0.15) is 0 Å². The summed E-state index contributed by atoms with van der Waals surface area (Å²) < 4.78 is 27.8. The SMILES string of the molecule is O=C(O)C1CCC(NS(=O)(=O)c2cccc(Br)c2)CC1. The molecule has 0 atom stereocenters. The molecule has 0 spiro atoms. The smallest absolute Gasteiger partial charge is 0.306 e. The first kappa shape index (κ1) is 15.5. The molecular weight excluding hydrogens is 346 g/mol. The summed E-state index contributed by atoms with van der Waals surface area (Å²) in [5.74, 6) is -1.14. The van der Waals surface area contributed by atoms with Gasteiger partial charge in [0.15, 0.2) is 0 Å². The number of benzene rings is 1.